The van der Waals surface area contributed by atoms with E-state index in [2.05, 4.69) is 66.2 Å². The van der Waals surface area contributed by atoms with Crippen molar-refractivity contribution in [2.75, 3.05) is 13.6 Å². The first-order chi connectivity index (χ1) is 16.8. The van der Waals surface area contributed by atoms with E-state index in [1.54, 1.807) is 7.05 Å². The molecule has 0 amide bonds. The predicted octanol–water partition coefficient (Wildman–Crippen LogP) is 5.14. The highest BCUT2D eigenvalue weighted by Crippen LogP contribution is 2.01. The van der Waals surface area contributed by atoms with E-state index in [0.29, 0.717) is 19.4 Å². The third kappa shape index (κ3) is 31.1. The van der Waals surface area contributed by atoms with E-state index < -0.39 is 18.0 Å². The highest BCUT2D eigenvalue weighted by molar-refractivity contribution is 5.74. The molecule has 8 nitrogen and oxygen atoms in total. The molecule has 0 aromatic heterocycles. The van der Waals surface area contributed by atoms with Gasteiger partial charge in [-0.1, -0.05) is 68.4 Å². The Morgan fingerprint density at radius 3 is 1.80 bits per heavy atom. The molecule has 0 aliphatic heterocycles. The highest BCUT2D eigenvalue weighted by Gasteiger charge is 2.13. The van der Waals surface area contributed by atoms with Crippen molar-refractivity contribution in [3.63, 3.8) is 0 Å². The lowest BCUT2D eigenvalue weighted by atomic mass is 10.1. The Hall–Kier alpha value is -2.87. The van der Waals surface area contributed by atoms with Gasteiger partial charge in [-0.3, -0.25) is 15.0 Å². The molecular weight excluding hydrogens is 444 g/mol. The molecule has 1 atom stereocenters. The van der Waals surface area contributed by atoms with E-state index in [4.69, 9.17) is 21.4 Å². The van der Waals surface area contributed by atoms with Crippen LogP contribution >= 0.6 is 0 Å². The Labute approximate surface area is 212 Å². The van der Waals surface area contributed by atoms with E-state index in [9.17, 15) is 9.59 Å². The molecule has 0 spiro atoms. The third-order valence-corrected chi connectivity index (χ3v) is 4.85. The van der Waals surface area contributed by atoms with E-state index in [1.165, 1.54) is 25.7 Å². The fraction of sp³-hybridized carbons (Fsp3) is 0.593. The second-order valence-corrected chi connectivity index (χ2v) is 8.04. The maximum absolute atomic E-state index is 10.5. The third-order valence-electron chi connectivity index (χ3n) is 4.85. The van der Waals surface area contributed by atoms with Gasteiger partial charge in [0.25, 0.3) is 0 Å². The maximum atomic E-state index is 10.5. The summed E-state index contributed by atoms with van der Waals surface area (Å²) < 4.78 is 0. The largest absolute Gasteiger partial charge is 0.481 e. The number of hydrogen-bond acceptors (Lipinski definition) is 4. The second-order valence-electron chi connectivity index (χ2n) is 8.04. The molecule has 0 aromatic carbocycles. The summed E-state index contributed by atoms with van der Waals surface area (Å²) in [5.74, 6) is -1.66. The average Bonchev–Trinajstić information content (AvgIpc) is 2.81. The summed E-state index contributed by atoms with van der Waals surface area (Å²) in [6, 6.07) is -0.520. The zero-order valence-corrected chi connectivity index (χ0v) is 21.7. The summed E-state index contributed by atoms with van der Waals surface area (Å²) in [5.41, 5.74) is 5.04. The monoisotopic (exact) mass is 492 g/mol. The number of nitrogens with two attached hydrogens (primary N) is 1. The Morgan fingerprint density at radius 1 is 0.857 bits per heavy atom. The summed E-state index contributed by atoms with van der Waals surface area (Å²) in [5, 5.41) is 29.3. The van der Waals surface area contributed by atoms with Gasteiger partial charge in [-0.25, -0.2) is 0 Å². The normalized spacial score (nSPS) is 12.3. The van der Waals surface area contributed by atoms with E-state index in [1.807, 2.05) is 0 Å². The number of allylic oxidation sites excluding steroid dienone is 8. The number of hydrogen-bond donors (Lipinski definition) is 6. The maximum Gasteiger partial charge on any atom is 0.320 e. The number of likely N-dealkylation sites (N-methyl/N-ethyl adjacent to an activating group) is 1. The van der Waals surface area contributed by atoms with Crippen LogP contribution < -0.4 is 16.4 Å². The Bertz CT molecular complexity index is 658. The molecule has 1 unspecified atom stereocenters. The summed E-state index contributed by atoms with van der Waals surface area (Å²) >= 11 is 0. The topological polar surface area (TPSA) is 149 Å². The van der Waals surface area contributed by atoms with Gasteiger partial charge < -0.3 is 26.6 Å². The van der Waals surface area contributed by atoms with Crippen molar-refractivity contribution < 1.29 is 19.8 Å². The van der Waals surface area contributed by atoms with Crippen LogP contribution in [-0.2, 0) is 9.59 Å². The molecule has 0 heterocycles. The zero-order valence-electron chi connectivity index (χ0n) is 21.7. The first-order valence-corrected chi connectivity index (χ1v) is 12.6. The van der Waals surface area contributed by atoms with Crippen LogP contribution in [0.15, 0.2) is 48.6 Å². The van der Waals surface area contributed by atoms with Gasteiger partial charge in [0, 0.05) is 13.0 Å². The van der Waals surface area contributed by atoms with Crippen LogP contribution in [0.4, 0.5) is 0 Å². The molecule has 0 rings (SSSR count). The fourth-order valence-electron chi connectivity index (χ4n) is 2.85. The van der Waals surface area contributed by atoms with Crippen LogP contribution in [-0.4, -0.2) is 47.7 Å². The molecule has 0 saturated heterocycles. The van der Waals surface area contributed by atoms with Crippen molar-refractivity contribution in [1.29, 1.82) is 5.41 Å². The minimum atomic E-state index is -0.856. The molecule has 0 radical (unpaired) electrons. The van der Waals surface area contributed by atoms with Crippen LogP contribution in [0.5, 0.6) is 0 Å². The van der Waals surface area contributed by atoms with Crippen molar-refractivity contribution >= 4 is 17.9 Å². The lowest BCUT2D eigenvalue weighted by molar-refractivity contribution is -0.139. The van der Waals surface area contributed by atoms with Gasteiger partial charge in [0.15, 0.2) is 5.96 Å². The van der Waals surface area contributed by atoms with E-state index in [0.717, 1.165) is 32.1 Å². The molecule has 35 heavy (non-hydrogen) atoms. The second kappa shape index (κ2) is 27.4. The molecule has 0 saturated carbocycles. The lowest BCUT2D eigenvalue weighted by Crippen LogP contribution is -2.36. The first kappa shape index (κ1) is 34.3. The number of carboxylic acids is 2. The zero-order chi connectivity index (χ0) is 26.6. The predicted molar refractivity (Wildman–Crippen MR) is 146 cm³/mol. The summed E-state index contributed by atoms with van der Waals surface area (Å²) in [6.07, 6.45) is 28.5. The number of aliphatic carboxylic acids is 2. The van der Waals surface area contributed by atoms with Crippen LogP contribution in [0, 0.1) is 5.41 Å². The molecule has 7 N–H and O–H groups in total. The number of carboxylic acid groups (broad SMARTS) is 2. The van der Waals surface area contributed by atoms with Crippen LogP contribution in [0.2, 0.25) is 0 Å². The van der Waals surface area contributed by atoms with Gasteiger partial charge in [-0.05, 0) is 64.8 Å². The number of nitrogens with one attached hydrogen (secondary N) is 3. The van der Waals surface area contributed by atoms with Crippen LogP contribution in [0.25, 0.3) is 0 Å². The molecule has 8 heteroatoms. The number of carbonyl (C=O) groups is 2. The Balaban J connectivity index is 0. The molecule has 200 valence electrons. The van der Waals surface area contributed by atoms with E-state index in [-0.39, 0.29) is 12.4 Å². The number of guanidine groups is 1. The van der Waals surface area contributed by atoms with Gasteiger partial charge in [0.2, 0.25) is 0 Å². The quantitative estimate of drug-likeness (QED) is 0.0596. The van der Waals surface area contributed by atoms with Crippen molar-refractivity contribution in [3.05, 3.63) is 48.6 Å². The Morgan fingerprint density at radius 2 is 1.37 bits per heavy atom. The summed E-state index contributed by atoms with van der Waals surface area (Å²) in [7, 11) is 1.61. The highest BCUT2D eigenvalue weighted by atomic mass is 16.4. The minimum absolute atomic E-state index is 0.0867. The van der Waals surface area contributed by atoms with Crippen LogP contribution in [0.3, 0.4) is 0 Å². The first-order valence-electron chi connectivity index (χ1n) is 12.6. The van der Waals surface area contributed by atoms with Gasteiger partial charge in [0.1, 0.15) is 6.04 Å². The molecule has 0 bridgehead atoms. The van der Waals surface area contributed by atoms with Gasteiger partial charge >= 0.3 is 11.9 Å². The van der Waals surface area contributed by atoms with Crippen molar-refractivity contribution in [3.8, 4) is 0 Å². The van der Waals surface area contributed by atoms with Gasteiger partial charge in [-0.2, -0.15) is 0 Å². The van der Waals surface area contributed by atoms with Gasteiger partial charge in [0.05, 0.1) is 0 Å². The lowest BCUT2D eigenvalue weighted by Gasteiger charge is -2.10. The summed E-state index contributed by atoms with van der Waals surface area (Å²) in [4.78, 5) is 20.8. The molecule has 0 aliphatic rings. The van der Waals surface area contributed by atoms with Crippen molar-refractivity contribution in [2.45, 2.75) is 90.0 Å². The smallest absolute Gasteiger partial charge is 0.320 e. The average molecular weight is 493 g/mol. The van der Waals surface area contributed by atoms with Crippen molar-refractivity contribution in [2.24, 2.45) is 5.73 Å². The molecular formula is C27H48N4O4. The van der Waals surface area contributed by atoms with Gasteiger partial charge in [-0.15, -0.1) is 0 Å². The van der Waals surface area contributed by atoms with E-state index >= 15 is 0 Å². The van der Waals surface area contributed by atoms with Crippen molar-refractivity contribution in [1.82, 2.24) is 10.6 Å². The number of unbranched alkanes of at least 4 members (excludes halogenated alkanes) is 4. The number of rotatable bonds is 20. The van der Waals surface area contributed by atoms with Crippen LogP contribution in [0.1, 0.15) is 84.0 Å². The molecule has 0 aromatic rings. The molecule has 0 fully saturated rings. The Kier molecular flexibility index (Phi) is 26.8. The standard InChI is InChI=1S/C20H32O2.C7H16N4O2/c1-2-3-4-5-6-7-8-9-10-11-12-13-14-15-16-17-18-19-20(21)22;1-10-5(6(12)13)3-2-4-11-7(8)9/h6-7,9-10,12-13,15-16H,2-5,8,11,14,17-19H2,1H3,(H,21,22);5,10H,2-4H2,1H3,(H,12,13)(H4,8,9,11)/b7-6-,10-9-,13-12-,16-15-;. The fourth-order valence-corrected chi connectivity index (χ4v) is 2.85. The molecule has 0 aliphatic carbocycles. The SMILES string of the molecule is CCCCC/C=C\C/C=C\C/C=C\C/C=C\CCCC(=O)O.CNC(CCCNC(=N)N)C(=O)O. The minimum Gasteiger partial charge on any atom is -0.481 e. The summed E-state index contributed by atoms with van der Waals surface area (Å²) in [6.45, 7) is 2.76.